The summed E-state index contributed by atoms with van der Waals surface area (Å²) >= 11 is 0. The fourth-order valence-corrected chi connectivity index (χ4v) is 3.02. The molecule has 1 amide bonds. The van der Waals surface area contributed by atoms with E-state index in [0.717, 1.165) is 24.7 Å². The lowest BCUT2D eigenvalue weighted by Gasteiger charge is -2.10. The fourth-order valence-electron chi connectivity index (χ4n) is 3.02. The molecule has 9 nitrogen and oxygen atoms in total. The van der Waals surface area contributed by atoms with E-state index in [-0.39, 0.29) is 24.2 Å². The minimum Gasteiger partial charge on any atom is -0.350 e. The van der Waals surface area contributed by atoms with E-state index in [1.807, 2.05) is 4.98 Å². The van der Waals surface area contributed by atoms with Gasteiger partial charge in [0, 0.05) is 31.3 Å². The zero-order valence-electron chi connectivity index (χ0n) is 13.6. The summed E-state index contributed by atoms with van der Waals surface area (Å²) in [5.41, 5.74) is -0.959. The van der Waals surface area contributed by atoms with Crippen molar-refractivity contribution in [2.45, 2.75) is 38.1 Å². The maximum atomic E-state index is 12.1. The van der Waals surface area contributed by atoms with Crippen molar-refractivity contribution in [1.29, 1.82) is 0 Å². The van der Waals surface area contributed by atoms with Gasteiger partial charge in [-0.2, -0.15) is 0 Å². The van der Waals surface area contributed by atoms with Crippen LogP contribution in [0.1, 0.15) is 47.7 Å². The van der Waals surface area contributed by atoms with Crippen LogP contribution >= 0.6 is 0 Å². The van der Waals surface area contributed by atoms with E-state index in [1.165, 1.54) is 23.7 Å². The molecule has 9 heteroatoms. The molecule has 0 aliphatic heterocycles. The molecule has 3 rings (SSSR count). The first kappa shape index (κ1) is 16.9. The molecule has 2 aromatic rings. The summed E-state index contributed by atoms with van der Waals surface area (Å²) < 4.78 is 1.41. The number of amides is 1. The predicted molar refractivity (Wildman–Crippen MR) is 89.7 cm³/mol. The summed E-state index contributed by atoms with van der Waals surface area (Å²) in [5.74, 6) is -0.255. The first-order chi connectivity index (χ1) is 12.0. The van der Waals surface area contributed by atoms with Crippen molar-refractivity contribution >= 4 is 5.91 Å². The highest BCUT2D eigenvalue weighted by molar-refractivity contribution is 5.93. The van der Waals surface area contributed by atoms with Gasteiger partial charge < -0.3 is 10.3 Å². The van der Waals surface area contributed by atoms with Crippen LogP contribution in [0.2, 0.25) is 0 Å². The van der Waals surface area contributed by atoms with E-state index in [0.29, 0.717) is 5.92 Å². The number of carbonyl (C=O) groups excluding carboxylic acids is 1. The number of nitrogens with one attached hydrogen (secondary N) is 3. The second kappa shape index (κ2) is 7.29. The molecule has 0 unspecified atom stereocenters. The predicted octanol–water partition coefficient (Wildman–Crippen LogP) is -0.293. The van der Waals surface area contributed by atoms with Crippen molar-refractivity contribution in [3.63, 3.8) is 0 Å². The molecule has 1 aliphatic rings. The average molecular weight is 345 g/mol. The maximum Gasteiger partial charge on any atom is 0.325 e. The summed E-state index contributed by atoms with van der Waals surface area (Å²) in [7, 11) is 0. The molecule has 0 spiro atoms. The number of aromatic amines is 2. The molecule has 2 heterocycles. The third kappa shape index (κ3) is 3.93. The highest BCUT2D eigenvalue weighted by Gasteiger charge is 2.19. The van der Waals surface area contributed by atoms with Crippen LogP contribution < -0.4 is 22.1 Å². The second-order valence-electron chi connectivity index (χ2n) is 6.07. The van der Waals surface area contributed by atoms with E-state index in [4.69, 9.17) is 0 Å². The van der Waals surface area contributed by atoms with Crippen molar-refractivity contribution in [3.05, 3.63) is 61.0 Å². The molecule has 1 aliphatic carbocycles. The topological polar surface area (TPSA) is 130 Å². The second-order valence-corrected chi connectivity index (χ2v) is 6.07. The molecule has 3 N–H and O–H groups in total. The van der Waals surface area contributed by atoms with Crippen molar-refractivity contribution in [2.75, 3.05) is 6.54 Å². The van der Waals surface area contributed by atoms with Gasteiger partial charge in [-0.05, 0) is 12.8 Å². The Balaban J connectivity index is 1.60. The lowest BCUT2D eigenvalue weighted by atomic mass is 10.0. The van der Waals surface area contributed by atoms with Crippen LogP contribution in [0.4, 0.5) is 0 Å². The highest BCUT2D eigenvalue weighted by atomic mass is 16.2. The van der Waals surface area contributed by atoms with Gasteiger partial charge in [0.05, 0.1) is 12.0 Å². The molecule has 25 heavy (non-hydrogen) atoms. The standard InChI is InChI=1S/C16H19N5O4/c22-13-7-12(10-3-1-2-4-10)19-9-21(13)6-5-17-14(23)11-8-18-16(25)20-15(11)24/h7-10H,1-6H2,(H,17,23)(H2,18,20,24,25). The Morgan fingerprint density at radius 1 is 1.28 bits per heavy atom. The van der Waals surface area contributed by atoms with E-state index >= 15 is 0 Å². The molecule has 132 valence electrons. The van der Waals surface area contributed by atoms with Crippen molar-refractivity contribution in [3.8, 4) is 0 Å². The number of hydrogen-bond acceptors (Lipinski definition) is 5. The van der Waals surface area contributed by atoms with Crippen LogP contribution in [0.5, 0.6) is 0 Å². The lowest BCUT2D eigenvalue weighted by Crippen LogP contribution is -2.36. The van der Waals surface area contributed by atoms with Gasteiger partial charge in [-0.1, -0.05) is 12.8 Å². The first-order valence-electron chi connectivity index (χ1n) is 8.21. The first-order valence-corrected chi connectivity index (χ1v) is 8.21. The monoisotopic (exact) mass is 345 g/mol. The van der Waals surface area contributed by atoms with Gasteiger partial charge in [0.1, 0.15) is 5.56 Å². The molecule has 0 atom stereocenters. The molecule has 1 saturated carbocycles. The normalized spacial score (nSPS) is 14.6. The summed E-state index contributed by atoms with van der Waals surface area (Å²) in [4.78, 5) is 55.1. The van der Waals surface area contributed by atoms with Crippen LogP contribution in [0.25, 0.3) is 0 Å². The van der Waals surface area contributed by atoms with Gasteiger partial charge in [-0.15, -0.1) is 0 Å². The molecular weight excluding hydrogens is 326 g/mol. The number of rotatable bonds is 5. The summed E-state index contributed by atoms with van der Waals surface area (Å²) in [6.45, 7) is 0.394. The number of hydrogen-bond donors (Lipinski definition) is 3. The Morgan fingerprint density at radius 3 is 2.72 bits per heavy atom. The molecule has 0 radical (unpaired) electrons. The Kier molecular flexibility index (Phi) is 4.92. The van der Waals surface area contributed by atoms with Crippen molar-refractivity contribution in [1.82, 2.24) is 24.8 Å². The smallest absolute Gasteiger partial charge is 0.325 e. The molecule has 0 bridgehead atoms. The summed E-state index contributed by atoms with van der Waals surface area (Å²) in [5, 5.41) is 2.54. The molecule has 2 aromatic heterocycles. The van der Waals surface area contributed by atoms with Gasteiger partial charge in [0.15, 0.2) is 0 Å². The third-order valence-corrected chi connectivity index (χ3v) is 4.38. The minimum atomic E-state index is -0.763. The zero-order chi connectivity index (χ0) is 17.8. The average Bonchev–Trinajstić information content (AvgIpc) is 3.10. The lowest BCUT2D eigenvalue weighted by molar-refractivity contribution is 0.0950. The van der Waals surface area contributed by atoms with E-state index < -0.39 is 17.2 Å². The van der Waals surface area contributed by atoms with Crippen LogP contribution in [0.3, 0.4) is 0 Å². The molecule has 0 aromatic carbocycles. The van der Waals surface area contributed by atoms with Gasteiger partial charge in [-0.25, -0.2) is 9.78 Å². The number of aromatic nitrogens is 4. The highest BCUT2D eigenvalue weighted by Crippen LogP contribution is 2.32. The summed E-state index contributed by atoms with van der Waals surface area (Å²) in [6, 6.07) is 1.56. The Morgan fingerprint density at radius 2 is 2.04 bits per heavy atom. The van der Waals surface area contributed by atoms with Gasteiger partial charge in [0.2, 0.25) is 0 Å². The van der Waals surface area contributed by atoms with Crippen LogP contribution in [0, 0.1) is 0 Å². The maximum absolute atomic E-state index is 12.1. The van der Waals surface area contributed by atoms with Crippen LogP contribution in [0.15, 0.2) is 33.0 Å². The SMILES string of the molecule is O=C(NCCn1cnc(C2CCCC2)cc1=O)c1c[nH]c(=O)[nH]c1=O. The number of carbonyl (C=O) groups is 1. The Labute approximate surface area is 142 Å². The Bertz CT molecular complexity index is 936. The number of nitrogens with zero attached hydrogens (tertiary/aromatic N) is 2. The fraction of sp³-hybridized carbons (Fsp3) is 0.438. The Hall–Kier alpha value is -2.97. The van der Waals surface area contributed by atoms with Gasteiger partial charge >= 0.3 is 5.69 Å². The van der Waals surface area contributed by atoms with Crippen molar-refractivity contribution < 1.29 is 4.79 Å². The minimum absolute atomic E-state index is 0.155. The van der Waals surface area contributed by atoms with Gasteiger partial charge in [0.25, 0.3) is 17.0 Å². The van der Waals surface area contributed by atoms with Crippen molar-refractivity contribution in [2.24, 2.45) is 0 Å². The quantitative estimate of drug-likeness (QED) is 0.685. The third-order valence-electron chi connectivity index (χ3n) is 4.38. The van der Waals surface area contributed by atoms with Crippen LogP contribution in [-0.2, 0) is 6.54 Å². The van der Waals surface area contributed by atoms with E-state index in [1.54, 1.807) is 6.07 Å². The van der Waals surface area contributed by atoms with Crippen LogP contribution in [-0.4, -0.2) is 32.0 Å². The summed E-state index contributed by atoms with van der Waals surface area (Å²) in [6.07, 6.45) is 7.03. The zero-order valence-corrected chi connectivity index (χ0v) is 13.6. The molecular formula is C16H19N5O4. The van der Waals surface area contributed by atoms with E-state index in [9.17, 15) is 19.2 Å². The number of H-pyrrole nitrogens is 2. The molecule has 0 saturated heterocycles. The van der Waals surface area contributed by atoms with Gasteiger partial charge in [-0.3, -0.25) is 23.9 Å². The van der Waals surface area contributed by atoms with E-state index in [2.05, 4.69) is 15.3 Å². The largest absolute Gasteiger partial charge is 0.350 e. The molecule has 1 fully saturated rings.